The summed E-state index contributed by atoms with van der Waals surface area (Å²) in [6.45, 7) is 18.5. The van der Waals surface area contributed by atoms with Gasteiger partial charge in [-0.05, 0) is 64.6 Å². The molecule has 0 saturated heterocycles. The fraction of sp³-hybridized carbons (Fsp3) is 0.292. The number of carbonyl (C=O) groups excluding carboxylic acids is 1. The van der Waals surface area contributed by atoms with Crippen molar-refractivity contribution in [3.63, 3.8) is 0 Å². The molecule has 1 N–H and O–H groups in total. The van der Waals surface area contributed by atoms with Crippen molar-refractivity contribution in [1.29, 1.82) is 0 Å². The fourth-order valence-corrected chi connectivity index (χ4v) is 7.87. The summed E-state index contributed by atoms with van der Waals surface area (Å²) in [5, 5.41) is 17.4. The van der Waals surface area contributed by atoms with Crippen molar-refractivity contribution in [2.24, 2.45) is 10.8 Å². The third kappa shape index (κ3) is 7.90. The Hall–Kier alpha value is -4.15. The molecule has 0 amide bonds. The van der Waals surface area contributed by atoms with E-state index < -0.39 is 0 Å². The summed E-state index contributed by atoms with van der Waals surface area (Å²) in [6.07, 6.45) is 4.95. The minimum atomic E-state index is -0.377. The summed E-state index contributed by atoms with van der Waals surface area (Å²) in [5.41, 5.74) is 6.64. The van der Waals surface area contributed by atoms with E-state index in [1.807, 2.05) is 59.1 Å². The van der Waals surface area contributed by atoms with Gasteiger partial charge in [-0.3, -0.25) is 9.78 Å². The number of fused-ring (bicyclic) bond motifs is 6. The van der Waals surface area contributed by atoms with E-state index >= 15 is 0 Å². The summed E-state index contributed by atoms with van der Waals surface area (Å²) in [6, 6.07) is 36.6. The Morgan fingerprint density at radius 2 is 1.49 bits per heavy atom. The number of rotatable bonds is 8. The topological polar surface area (TPSA) is 50.2 Å². The third-order valence-corrected chi connectivity index (χ3v) is 12.3. The maximum atomic E-state index is 11.8. The second-order valence-corrected chi connectivity index (χ2v) is 16.5. The molecule has 3 nitrogen and oxygen atoms in total. The Kier molecular flexibility index (Phi) is 12.1. The number of ketones is 1. The molecule has 1 radical (unpaired) electrons. The van der Waals surface area contributed by atoms with Gasteiger partial charge in [0.15, 0.2) is 5.78 Å². The second kappa shape index (κ2) is 16.1. The van der Waals surface area contributed by atoms with E-state index in [4.69, 9.17) is 4.98 Å². The zero-order valence-corrected chi connectivity index (χ0v) is 35.6. The molecule has 53 heavy (non-hydrogen) atoms. The predicted octanol–water partition coefficient (Wildman–Crippen LogP) is 14.2. The minimum Gasteiger partial charge on any atom is -0.512 e. The number of aliphatic hydroxyl groups is 1. The fourth-order valence-electron chi connectivity index (χ4n) is 6.57. The standard InChI is InChI=1S/C35H26NS.C13H24O2.Ir/c1-21(2)31-20-26(19-25-14-13-24-11-7-8-12-28(24)32(25)31)33-35-30(17-18-36-33)29-16-15-27(22(3)34(29)37-35)23-9-5-4-6-10-23;1-7-12(3,4)10(14)9-11(15)13(5,6)8-2;/h4-18,20-21H,1-3H3;9,14H,7-8H2,1-6H3;/q-1;;/b;10-9-;. The largest absolute Gasteiger partial charge is 0.512 e. The average molecular weight is 897 g/mol. The molecule has 5 aromatic carbocycles. The molecular formula is C48H50IrNO2S-. The maximum Gasteiger partial charge on any atom is 0.164 e. The van der Waals surface area contributed by atoms with Crippen LogP contribution in [0.1, 0.15) is 85.3 Å². The van der Waals surface area contributed by atoms with E-state index in [0.717, 1.165) is 29.5 Å². The normalized spacial score (nSPS) is 12.3. The van der Waals surface area contributed by atoms with Crippen molar-refractivity contribution < 1.29 is 30.0 Å². The van der Waals surface area contributed by atoms with Gasteiger partial charge in [0, 0.05) is 63.7 Å². The van der Waals surface area contributed by atoms with Gasteiger partial charge in [0.25, 0.3) is 0 Å². The van der Waals surface area contributed by atoms with Crippen LogP contribution in [0.5, 0.6) is 0 Å². The van der Waals surface area contributed by atoms with Crippen LogP contribution in [0.3, 0.4) is 0 Å². The van der Waals surface area contributed by atoms with Gasteiger partial charge in [0.1, 0.15) is 5.76 Å². The van der Waals surface area contributed by atoms with Gasteiger partial charge in [-0.1, -0.05) is 139 Å². The first-order valence-electron chi connectivity index (χ1n) is 18.5. The van der Waals surface area contributed by atoms with E-state index in [1.54, 1.807) is 0 Å². The van der Waals surface area contributed by atoms with Crippen LogP contribution in [0.2, 0.25) is 0 Å². The van der Waals surface area contributed by atoms with Gasteiger partial charge < -0.3 is 5.11 Å². The molecule has 2 heterocycles. The Bertz CT molecular complexity index is 2450. The minimum absolute atomic E-state index is 0. The van der Waals surface area contributed by atoms with Crippen LogP contribution in [0, 0.1) is 23.8 Å². The molecule has 7 aromatic rings. The van der Waals surface area contributed by atoms with Crippen LogP contribution < -0.4 is 0 Å². The smallest absolute Gasteiger partial charge is 0.164 e. The second-order valence-electron chi connectivity index (χ2n) is 15.5. The maximum absolute atomic E-state index is 11.8. The van der Waals surface area contributed by atoms with Gasteiger partial charge in [0.05, 0.1) is 0 Å². The number of benzene rings is 5. The van der Waals surface area contributed by atoms with Crippen LogP contribution in [0.25, 0.3) is 64.1 Å². The Labute approximate surface area is 332 Å². The molecule has 2 aromatic heterocycles. The first-order chi connectivity index (χ1) is 24.8. The first kappa shape index (κ1) is 40.0. The molecule has 275 valence electrons. The van der Waals surface area contributed by atoms with Crippen LogP contribution in [0.15, 0.2) is 109 Å². The molecule has 0 aliphatic carbocycles. The zero-order valence-electron chi connectivity index (χ0n) is 32.4. The van der Waals surface area contributed by atoms with E-state index in [9.17, 15) is 9.90 Å². The number of pyridine rings is 1. The molecule has 0 spiro atoms. The Morgan fingerprint density at radius 3 is 2.17 bits per heavy atom. The third-order valence-electron chi connectivity index (χ3n) is 10.9. The quantitative estimate of drug-likeness (QED) is 0.0716. The van der Waals surface area contributed by atoms with Crippen molar-refractivity contribution >= 4 is 58.8 Å². The van der Waals surface area contributed by atoms with Crippen LogP contribution in [0.4, 0.5) is 0 Å². The number of nitrogens with zero attached hydrogens (tertiary/aromatic N) is 1. The van der Waals surface area contributed by atoms with Crippen molar-refractivity contribution in [2.75, 3.05) is 0 Å². The molecule has 0 bridgehead atoms. The summed E-state index contributed by atoms with van der Waals surface area (Å²) in [7, 11) is 0. The van der Waals surface area contributed by atoms with Crippen LogP contribution >= 0.6 is 11.3 Å². The van der Waals surface area contributed by atoms with Gasteiger partial charge >= 0.3 is 0 Å². The van der Waals surface area contributed by atoms with E-state index in [2.05, 4.69) is 118 Å². The summed E-state index contributed by atoms with van der Waals surface area (Å²) < 4.78 is 2.57. The van der Waals surface area contributed by atoms with Crippen molar-refractivity contribution in [2.45, 2.75) is 81.1 Å². The zero-order chi connectivity index (χ0) is 37.4. The number of aliphatic hydroxyl groups excluding tert-OH is 1. The van der Waals surface area contributed by atoms with E-state index in [1.165, 1.54) is 64.7 Å². The van der Waals surface area contributed by atoms with Gasteiger partial charge in [0.2, 0.25) is 0 Å². The number of carbonyl (C=O) groups is 1. The molecule has 0 saturated carbocycles. The monoisotopic (exact) mass is 897 g/mol. The average Bonchev–Trinajstić information content (AvgIpc) is 3.54. The molecule has 7 rings (SSSR count). The van der Waals surface area contributed by atoms with Crippen molar-refractivity contribution in [1.82, 2.24) is 4.98 Å². The van der Waals surface area contributed by atoms with Gasteiger partial charge in [-0.2, -0.15) is 0 Å². The number of allylic oxidation sites excluding steroid dienone is 2. The number of hydrogen-bond acceptors (Lipinski definition) is 4. The summed E-state index contributed by atoms with van der Waals surface area (Å²) in [4.78, 5) is 16.8. The van der Waals surface area contributed by atoms with Crippen molar-refractivity contribution in [3.05, 3.63) is 126 Å². The molecule has 5 heteroatoms. The Morgan fingerprint density at radius 1 is 0.830 bits per heavy atom. The molecule has 0 aliphatic heterocycles. The molecule has 0 aliphatic rings. The van der Waals surface area contributed by atoms with E-state index in [-0.39, 0.29) is 42.5 Å². The molecule has 0 fully saturated rings. The summed E-state index contributed by atoms with van der Waals surface area (Å²) >= 11 is 1.86. The molecule has 0 atom stereocenters. The first-order valence-corrected chi connectivity index (χ1v) is 19.3. The van der Waals surface area contributed by atoms with Crippen LogP contribution in [-0.4, -0.2) is 15.9 Å². The number of aryl methyl sites for hydroxylation is 1. The number of hydrogen-bond donors (Lipinski definition) is 1. The number of aromatic nitrogens is 1. The SMILES string of the molecule is CCC(C)(C)C(=O)/C=C(\O)C(C)(C)CC.Cc1c(-c2ccccc2)ccc2c1sc1c(-c3[c-]c4ccc5ccccc5c4c(C(C)C)c3)nccc12.[Ir]. The number of thiophene rings is 1. The molecular weight excluding hydrogens is 847 g/mol. The Balaban J connectivity index is 0.000000290. The van der Waals surface area contributed by atoms with Crippen molar-refractivity contribution in [3.8, 4) is 22.4 Å². The van der Waals surface area contributed by atoms with Gasteiger partial charge in [-0.15, -0.1) is 40.5 Å². The summed E-state index contributed by atoms with van der Waals surface area (Å²) in [5.74, 6) is 0.583. The van der Waals surface area contributed by atoms with Crippen LogP contribution in [-0.2, 0) is 24.9 Å². The molecule has 0 unspecified atom stereocenters. The predicted molar refractivity (Wildman–Crippen MR) is 225 cm³/mol. The van der Waals surface area contributed by atoms with Gasteiger partial charge in [-0.25, -0.2) is 0 Å². The van der Waals surface area contributed by atoms with E-state index in [0.29, 0.717) is 5.92 Å².